The first-order valence-electron chi connectivity index (χ1n) is 8.91. The van der Waals surface area contributed by atoms with Crippen molar-refractivity contribution in [2.24, 2.45) is 0 Å². The molecule has 1 amide bonds. The molecule has 0 radical (unpaired) electrons. The number of hydrogen-bond donors (Lipinski definition) is 1. The van der Waals surface area contributed by atoms with Crippen molar-refractivity contribution < 1.29 is 9.32 Å². The highest BCUT2D eigenvalue weighted by molar-refractivity contribution is 7.99. The molecule has 1 N–H and O–H groups in total. The summed E-state index contributed by atoms with van der Waals surface area (Å²) in [6.45, 7) is 2.00. The van der Waals surface area contributed by atoms with E-state index in [2.05, 4.69) is 45.8 Å². The molecule has 0 spiro atoms. The molecule has 0 aliphatic carbocycles. The average molecular weight is 410 g/mol. The standard InChI is InChI=1S/C21H19N3O2S2/c1-14(16-9-8-15-5-2-3-6-17(15)11-16)22-19(25)12-27-13-20-23-21(24-26-20)18-7-4-10-28-18/h2-11,14H,12-13H2,1H3,(H,22,25). The number of aromatic nitrogens is 2. The third-order valence-corrected chi connectivity index (χ3v) is 6.10. The highest BCUT2D eigenvalue weighted by Gasteiger charge is 2.13. The average Bonchev–Trinajstić information content (AvgIpc) is 3.39. The topological polar surface area (TPSA) is 68.0 Å². The Morgan fingerprint density at radius 1 is 1.18 bits per heavy atom. The normalized spacial score (nSPS) is 12.2. The summed E-state index contributed by atoms with van der Waals surface area (Å²) in [6.07, 6.45) is 0. The Bertz CT molecular complexity index is 1080. The summed E-state index contributed by atoms with van der Waals surface area (Å²) in [4.78, 5) is 17.6. The third-order valence-electron chi connectivity index (χ3n) is 4.32. The van der Waals surface area contributed by atoms with Gasteiger partial charge in [0.15, 0.2) is 0 Å². The molecule has 0 bridgehead atoms. The van der Waals surface area contributed by atoms with E-state index < -0.39 is 0 Å². The molecule has 1 atom stereocenters. The van der Waals surface area contributed by atoms with E-state index in [0.29, 0.717) is 23.2 Å². The highest BCUT2D eigenvalue weighted by Crippen LogP contribution is 2.23. The minimum absolute atomic E-state index is 0.0105. The van der Waals surface area contributed by atoms with Crippen molar-refractivity contribution in [3.8, 4) is 10.7 Å². The number of rotatable bonds is 7. The number of fused-ring (bicyclic) bond motifs is 1. The first-order valence-corrected chi connectivity index (χ1v) is 10.9. The first kappa shape index (κ1) is 18.7. The van der Waals surface area contributed by atoms with Crippen LogP contribution in [-0.2, 0) is 10.5 Å². The Labute approximate surface area is 171 Å². The van der Waals surface area contributed by atoms with Crippen LogP contribution in [-0.4, -0.2) is 21.8 Å². The fraction of sp³-hybridized carbons (Fsp3) is 0.190. The van der Waals surface area contributed by atoms with Gasteiger partial charge in [0.25, 0.3) is 0 Å². The highest BCUT2D eigenvalue weighted by atomic mass is 32.2. The van der Waals surface area contributed by atoms with Gasteiger partial charge in [0.2, 0.25) is 17.6 Å². The maximum atomic E-state index is 12.3. The zero-order valence-corrected chi connectivity index (χ0v) is 16.9. The molecule has 4 aromatic rings. The molecule has 1 unspecified atom stereocenters. The van der Waals surface area contributed by atoms with Gasteiger partial charge in [-0.05, 0) is 40.8 Å². The number of nitrogens with one attached hydrogen (secondary N) is 1. The van der Waals surface area contributed by atoms with Gasteiger partial charge in [-0.15, -0.1) is 23.1 Å². The molecule has 2 aromatic heterocycles. The van der Waals surface area contributed by atoms with Gasteiger partial charge in [0.1, 0.15) is 0 Å². The Kier molecular flexibility index (Phi) is 5.73. The fourth-order valence-electron chi connectivity index (χ4n) is 2.89. The molecule has 2 aromatic carbocycles. The quantitative estimate of drug-likeness (QED) is 0.462. The largest absolute Gasteiger partial charge is 0.349 e. The molecule has 2 heterocycles. The van der Waals surface area contributed by atoms with Crippen LogP contribution in [0.4, 0.5) is 0 Å². The van der Waals surface area contributed by atoms with E-state index in [1.165, 1.54) is 22.5 Å². The second kappa shape index (κ2) is 8.58. The number of thioether (sulfide) groups is 1. The smallest absolute Gasteiger partial charge is 0.236 e. The summed E-state index contributed by atoms with van der Waals surface area (Å²) in [5.41, 5.74) is 1.09. The first-order chi connectivity index (χ1) is 13.7. The van der Waals surface area contributed by atoms with Crippen molar-refractivity contribution in [2.45, 2.75) is 18.7 Å². The number of amides is 1. The van der Waals surface area contributed by atoms with Crippen LogP contribution in [0.3, 0.4) is 0 Å². The SMILES string of the molecule is CC(NC(=O)CSCc1nc(-c2cccs2)no1)c1ccc2ccccc2c1. The summed E-state index contributed by atoms with van der Waals surface area (Å²) < 4.78 is 5.25. The lowest BCUT2D eigenvalue weighted by molar-refractivity contribution is -0.119. The van der Waals surface area contributed by atoms with Crippen LogP contribution in [0.5, 0.6) is 0 Å². The molecule has 0 saturated carbocycles. The molecule has 142 valence electrons. The predicted octanol–water partition coefficient (Wildman–Crippen LogP) is 5.06. The molecule has 0 fully saturated rings. The van der Waals surface area contributed by atoms with Gasteiger partial charge in [-0.25, -0.2) is 0 Å². The minimum atomic E-state index is -0.0495. The summed E-state index contributed by atoms with van der Waals surface area (Å²) in [5, 5.41) is 11.4. The summed E-state index contributed by atoms with van der Waals surface area (Å²) in [5.74, 6) is 1.97. The van der Waals surface area contributed by atoms with Gasteiger partial charge in [-0.2, -0.15) is 4.98 Å². The summed E-state index contributed by atoms with van der Waals surface area (Å²) in [6, 6.07) is 18.3. The van der Waals surface area contributed by atoms with E-state index in [0.717, 1.165) is 10.4 Å². The van der Waals surface area contributed by atoms with Crippen molar-refractivity contribution in [3.05, 3.63) is 71.4 Å². The number of hydrogen-bond acceptors (Lipinski definition) is 6. The van der Waals surface area contributed by atoms with Crippen LogP contribution in [0.1, 0.15) is 24.4 Å². The van der Waals surface area contributed by atoms with Crippen molar-refractivity contribution in [1.29, 1.82) is 0 Å². The maximum Gasteiger partial charge on any atom is 0.236 e. The molecular weight excluding hydrogens is 390 g/mol. The maximum absolute atomic E-state index is 12.3. The molecule has 0 saturated heterocycles. The van der Waals surface area contributed by atoms with Gasteiger partial charge in [-0.1, -0.05) is 47.6 Å². The number of nitrogens with zero attached hydrogens (tertiary/aromatic N) is 2. The number of carbonyl (C=O) groups excluding carboxylic acids is 1. The molecule has 28 heavy (non-hydrogen) atoms. The summed E-state index contributed by atoms with van der Waals surface area (Å²) in [7, 11) is 0. The zero-order chi connectivity index (χ0) is 19.3. The molecule has 0 aliphatic heterocycles. The van der Waals surface area contributed by atoms with Gasteiger partial charge in [0.05, 0.1) is 22.4 Å². The van der Waals surface area contributed by atoms with Gasteiger partial charge in [0, 0.05) is 0 Å². The number of carbonyl (C=O) groups is 1. The van der Waals surface area contributed by atoms with Crippen molar-refractivity contribution >= 4 is 39.8 Å². The van der Waals surface area contributed by atoms with Crippen molar-refractivity contribution in [3.63, 3.8) is 0 Å². The minimum Gasteiger partial charge on any atom is -0.349 e. The number of benzene rings is 2. The Hall–Kier alpha value is -2.64. The molecule has 4 rings (SSSR count). The van der Waals surface area contributed by atoms with E-state index in [-0.39, 0.29) is 11.9 Å². The lowest BCUT2D eigenvalue weighted by atomic mass is 10.0. The fourth-order valence-corrected chi connectivity index (χ4v) is 4.21. The molecular formula is C21H19N3O2S2. The van der Waals surface area contributed by atoms with Crippen LogP contribution in [0.2, 0.25) is 0 Å². The van der Waals surface area contributed by atoms with Crippen molar-refractivity contribution in [2.75, 3.05) is 5.75 Å². The third kappa shape index (κ3) is 4.43. The van der Waals surface area contributed by atoms with E-state index in [4.69, 9.17) is 4.52 Å². The van der Waals surface area contributed by atoms with Crippen LogP contribution in [0.15, 0.2) is 64.5 Å². The summed E-state index contributed by atoms with van der Waals surface area (Å²) >= 11 is 3.03. The Morgan fingerprint density at radius 2 is 2.04 bits per heavy atom. The monoisotopic (exact) mass is 409 g/mol. The molecule has 7 heteroatoms. The lowest BCUT2D eigenvalue weighted by Gasteiger charge is -2.15. The Morgan fingerprint density at radius 3 is 2.86 bits per heavy atom. The lowest BCUT2D eigenvalue weighted by Crippen LogP contribution is -2.28. The van der Waals surface area contributed by atoms with Gasteiger partial charge in [-0.3, -0.25) is 4.79 Å². The van der Waals surface area contributed by atoms with Crippen LogP contribution >= 0.6 is 23.1 Å². The Balaban J connectivity index is 1.28. The predicted molar refractivity (Wildman–Crippen MR) is 114 cm³/mol. The van der Waals surface area contributed by atoms with Crippen LogP contribution in [0.25, 0.3) is 21.5 Å². The van der Waals surface area contributed by atoms with Crippen LogP contribution < -0.4 is 5.32 Å². The van der Waals surface area contributed by atoms with E-state index in [1.54, 1.807) is 11.3 Å². The number of thiophene rings is 1. The van der Waals surface area contributed by atoms with E-state index >= 15 is 0 Å². The molecule has 0 aliphatic rings. The second-order valence-corrected chi connectivity index (χ2v) is 8.31. The molecule has 5 nitrogen and oxygen atoms in total. The van der Waals surface area contributed by atoms with Crippen molar-refractivity contribution in [1.82, 2.24) is 15.5 Å². The van der Waals surface area contributed by atoms with Crippen LogP contribution in [0, 0.1) is 0 Å². The second-order valence-electron chi connectivity index (χ2n) is 6.38. The van der Waals surface area contributed by atoms with E-state index in [1.807, 2.05) is 36.6 Å². The van der Waals surface area contributed by atoms with E-state index in [9.17, 15) is 4.79 Å². The van der Waals surface area contributed by atoms with Gasteiger partial charge < -0.3 is 9.84 Å². The zero-order valence-electron chi connectivity index (χ0n) is 15.3. The van der Waals surface area contributed by atoms with Gasteiger partial charge >= 0.3 is 0 Å².